The van der Waals surface area contributed by atoms with Gasteiger partial charge in [-0.1, -0.05) is 59.3 Å². The molecule has 0 saturated carbocycles. The van der Waals surface area contributed by atoms with Crippen molar-refractivity contribution in [3.05, 3.63) is 114 Å². The van der Waals surface area contributed by atoms with Crippen LogP contribution in [0.5, 0.6) is 0 Å². The molecule has 1 N–H and O–H groups in total. The standard InChI is InChI=1S/C27H22ClN5O3/c28-20-14-12-19(13-15-20)26(27(35)29-17-22-9-6-16-36-22)33(21-7-2-1-3-8-21)25(34)18-32-24-11-5-4-10-23(24)30-31-32/h1-16,26H,17-18H2,(H,29,35)/t26-/m0/s1. The Morgan fingerprint density at radius 1 is 0.944 bits per heavy atom. The van der Waals surface area contributed by atoms with E-state index in [1.54, 1.807) is 54.8 Å². The predicted molar refractivity (Wildman–Crippen MR) is 136 cm³/mol. The van der Waals surface area contributed by atoms with Crippen LogP contribution in [0.25, 0.3) is 11.0 Å². The molecule has 180 valence electrons. The summed E-state index contributed by atoms with van der Waals surface area (Å²) in [6.07, 6.45) is 1.54. The van der Waals surface area contributed by atoms with E-state index < -0.39 is 6.04 Å². The van der Waals surface area contributed by atoms with E-state index >= 15 is 0 Å². The number of furan rings is 1. The lowest BCUT2D eigenvalue weighted by atomic mass is 10.0. The molecule has 0 aliphatic carbocycles. The number of carbonyl (C=O) groups is 2. The number of carbonyl (C=O) groups excluding carboxylic acids is 2. The fourth-order valence-electron chi connectivity index (χ4n) is 4.01. The highest BCUT2D eigenvalue weighted by atomic mass is 35.5. The number of nitrogens with zero attached hydrogens (tertiary/aromatic N) is 4. The van der Waals surface area contributed by atoms with E-state index in [1.807, 2.05) is 42.5 Å². The van der Waals surface area contributed by atoms with Gasteiger partial charge in [-0.25, -0.2) is 4.68 Å². The van der Waals surface area contributed by atoms with Gasteiger partial charge in [-0.15, -0.1) is 5.10 Å². The first-order valence-corrected chi connectivity index (χ1v) is 11.7. The predicted octanol–water partition coefficient (Wildman–Crippen LogP) is 4.77. The van der Waals surface area contributed by atoms with E-state index in [4.69, 9.17) is 16.0 Å². The van der Waals surface area contributed by atoms with Crippen LogP contribution in [0.2, 0.25) is 5.02 Å². The molecule has 0 aliphatic heterocycles. The van der Waals surface area contributed by atoms with Gasteiger partial charge < -0.3 is 9.73 Å². The molecule has 36 heavy (non-hydrogen) atoms. The SMILES string of the molecule is O=C(NCc1ccco1)[C@H](c1ccc(Cl)cc1)N(C(=O)Cn1nnc2ccccc21)c1ccccc1. The second kappa shape index (κ2) is 10.5. The molecule has 2 heterocycles. The third-order valence-corrected chi connectivity index (χ3v) is 5.97. The zero-order valence-electron chi connectivity index (χ0n) is 19.1. The Bertz CT molecular complexity index is 1470. The first-order chi connectivity index (χ1) is 17.6. The van der Waals surface area contributed by atoms with Crippen LogP contribution in [-0.2, 0) is 22.7 Å². The molecule has 5 rings (SSSR count). The second-order valence-corrected chi connectivity index (χ2v) is 8.52. The molecule has 0 radical (unpaired) electrons. The van der Waals surface area contributed by atoms with E-state index in [-0.39, 0.29) is 24.9 Å². The van der Waals surface area contributed by atoms with Crippen molar-refractivity contribution in [3.8, 4) is 0 Å². The highest BCUT2D eigenvalue weighted by Crippen LogP contribution is 2.29. The molecular weight excluding hydrogens is 478 g/mol. The Kier molecular flexibility index (Phi) is 6.77. The quantitative estimate of drug-likeness (QED) is 0.332. The van der Waals surface area contributed by atoms with Crippen LogP contribution in [0.3, 0.4) is 0 Å². The Labute approximate surface area is 212 Å². The highest BCUT2D eigenvalue weighted by Gasteiger charge is 2.33. The van der Waals surface area contributed by atoms with Crippen molar-refractivity contribution in [1.82, 2.24) is 20.3 Å². The molecule has 9 heteroatoms. The van der Waals surface area contributed by atoms with Crippen molar-refractivity contribution in [3.63, 3.8) is 0 Å². The van der Waals surface area contributed by atoms with E-state index in [2.05, 4.69) is 15.6 Å². The number of anilines is 1. The van der Waals surface area contributed by atoms with Crippen LogP contribution in [0, 0.1) is 0 Å². The normalized spacial score (nSPS) is 11.8. The van der Waals surface area contributed by atoms with Gasteiger partial charge in [0, 0.05) is 10.7 Å². The summed E-state index contributed by atoms with van der Waals surface area (Å²) < 4.78 is 6.89. The molecule has 2 amide bonds. The summed E-state index contributed by atoms with van der Waals surface area (Å²) in [5.74, 6) is -0.0933. The summed E-state index contributed by atoms with van der Waals surface area (Å²) in [6, 6.07) is 25.9. The number of halogens is 1. The van der Waals surface area contributed by atoms with Crippen LogP contribution in [0.4, 0.5) is 5.69 Å². The molecule has 3 aromatic carbocycles. The molecule has 5 aromatic rings. The van der Waals surface area contributed by atoms with Crippen molar-refractivity contribution in [2.45, 2.75) is 19.1 Å². The van der Waals surface area contributed by atoms with Gasteiger partial charge in [-0.05, 0) is 54.1 Å². The minimum absolute atomic E-state index is 0.106. The average molecular weight is 500 g/mol. The molecule has 1 atom stereocenters. The Morgan fingerprint density at radius 2 is 1.69 bits per heavy atom. The first-order valence-electron chi connectivity index (χ1n) is 11.3. The van der Waals surface area contributed by atoms with Crippen molar-refractivity contribution in [2.75, 3.05) is 4.90 Å². The van der Waals surface area contributed by atoms with Gasteiger partial charge in [0.15, 0.2) is 0 Å². The van der Waals surface area contributed by atoms with Crippen molar-refractivity contribution >= 4 is 40.1 Å². The van der Waals surface area contributed by atoms with Crippen molar-refractivity contribution in [1.29, 1.82) is 0 Å². The number of aromatic nitrogens is 3. The third kappa shape index (κ3) is 4.99. The molecule has 0 fully saturated rings. The van der Waals surface area contributed by atoms with Gasteiger partial charge in [-0.2, -0.15) is 0 Å². The van der Waals surface area contributed by atoms with E-state index in [0.717, 1.165) is 5.52 Å². The lowest BCUT2D eigenvalue weighted by Gasteiger charge is -2.31. The fraction of sp³-hybridized carbons (Fsp3) is 0.111. The summed E-state index contributed by atoms with van der Waals surface area (Å²) >= 11 is 6.12. The molecule has 8 nitrogen and oxygen atoms in total. The topological polar surface area (TPSA) is 93.3 Å². The Balaban J connectivity index is 1.53. The molecule has 0 aliphatic rings. The van der Waals surface area contributed by atoms with Crippen LogP contribution >= 0.6 is 11.6 Å². The first kappa shape index (κ1) is 23.3. The van der Waals surface area contributed by atoms with Crippen LogP contribution in [-0.4, -0.2) is 26.8 Å². The monoisotopic (exact) mass is 499 g/mol. The van der Waals surface area contributed by atoms with Crippen molar-refractivity contribution in [2.24, 2.45) is 0 Å². The van der Waals surface area contributed by atoms with Gasteiger partial charge in [0.25, 0.3) is 0 Å². The van der Waals surface area contributed by atoms with Crippen LogP contribution in [0.15, 0.2) is 102 Å². The third-order valence-electron chi connectivity index (χ3n) is 5.72. The zero-order chi connectivity index (χ0) is 24.9. The van der Waals surface area contributed by atoms with Gasteiger partial charge in [0.1, 0.15) is 23.9 Å². The minimum atomic E-state index is -0.970. The number of hydrogen-bond acceptors (Lipinski definition) is 5. The maximum atomic E-state index is 13.9. The maximum Gasteiger partial charge on any atom is 0.249 e. The summed E-state index contributed by atoms with van der Waals surface area (Å²) in [5.41, 5.74) is 2.59. The summed E-state index contributed by atoms with van der Waals surface area (Å²) in [7, 11) is 0. The molecule has 0 saturated heterocycles. The zero-order valence-corrected chi connectivity index (χ0v) is 19.9. The van der Waals surface area contributed by atoms with Crippen LogP contribution in [0.1, 0.15) is 17.4 Å². The average Bonchev–Trinajstić information content (AvgIpc) is 3.57. The number of hydrogen-bond donors (Lipinski definition) is 1. The number of nitrogens with one attached hydrogen (secondary N) is 1. The molecule has 2 aromatic heterocycles. The molecule has 0 bridgehead atoms. The van der Waals surface area contributed by atoms with Gasteiger partial charge in [-0.3, -0.25) is 14.5 Å². The highest BCUT2D eigenvalue weighted by molar-refractivity contribution is 6.30. The molecule has 0 spiro atoms. The summed E-state index contributed by atoms with van der Waals surface area (Å²) in [6.45, 7) is 0.0748. The number of fused-ring (bicyclic) bond motifs is 1. The van der Waals surface area contributed by atoms with E-state index in [9.17, 15) is 9.59 Å². The number of para-hydroxylation sites is 2. The van der Waals surface area contributed by atoms with Gasteiger partial charge in [0.2, 0.25) is 11.8 Å². The Morgan fingerprint density at radius 3 is 2.44 bits per heavy atom. The van der Waals surface area contributed by atoms with Crippen LogP contribution < -0.4 is 10.2 Å². The Hall–Kier alpha value is -4.43. The number of benzene rings is 3. The molecule has 0 unspecified atom stereocenters. The number of rotatable bonds is 8. The van der Waals surface area contributed by atoms with E-state index in [0.29, 0.717) is 27.6 Å². The van der Waals surface area contributed by atoms with E-state index in [1.165, 1.54) is 9.58 Å². The van der Waals surface area contributed by atoms with Gasteiger partial charge in [0.05, 0.1) is 18.3 Å². The van der Waals surface area contributed by atoms with Gasteiger partial charge >= 0.3 is 0 Å². The lowest BCUT2D eigenvalue weighted by molar-refractivity contribution is -0.127. The van der Waals surface area contributed by atoms with Crippen molar-refractivity contribution < 1.29 is 14.0 Å². The maximum absolute atomic E-state index is 13.9. The largest absolute Gasteiger partial charge is 0.467 e. The fourth-order valence-corrected chi connectivity index (χ4v) is 4.14. The number of amides is 2. The summed E-state index contributed by atoms with van der Waals surface area (Å²) in [5, 5.41) is 11.7. The molecular formula is C27H22ClN5O3. The lowest BCUT2D eigenvalue weighted by Crippen LogP contribution is -2.45. The second-order valence-electron chi connectivity index (χ2n) is 8.09. The smallest absolute Gasteiger partial charge is 0.249 e. The summed E-state index contributed by atoms with van der Waals surface area (Å²) in [4.78, 5) is 29.0. The minimum Gasteiger partial charge on any atom is -0.467 e.